The Hall–Kier alpha value is -5.71. The third kappa shape index (κ3) is 24.0. The molecule has 23 heteroatoms. The van der Waals surface area contributed by atoms with Crippen LogP contribution in [-0.2, 0) is 57.5 Å². The van der Waals surface area contributed by atoms with E-state index in [1.54, 1.807) is 19.0 Å². The monoisotopic (exact) mass is 844 g/mol. The van der Waals surface area contributed by atoms with E-state index in [4.69, 9.17) is 9.84 Å². The number of amides is 9. The van der Waals surface area contributed by atoms with Gasteiger partial charge in [0.15, 0.2) is 0 Å². The molecule has 0 saturated carbocycles. The number of nitrogens with zero attached hydrogens (tertiary/aromatic N) is 10. The third-order valence-corrected chi connectivity index (χ3v) is 8.35. The molecular weight excluding hydrogens is 780 g/mol. The van der Waals surface area contributed by atoms with Gasteiger partial charge in [-0.3, -0.25) is 47.9 Å². The maximum Gasteiger partial charge on any atom is 0.323 e. The SMILES string of the molecule is CN(C)CC(=O)N(C)CC(=O)N(C)CC(=O)O.COCCCC(=O)N(C)CC(=O)N(C)CC(=O)N(C)CC(=O)N(C)CC(=O)N(C)CC(=O)N(C)CC(=O)N(C)CC=O. The standard InChI is InChI=1S/C26H45N7O9.C10H19N3O4/c1-27(11-12-34)21(36)14-29(3)23(38)16-31(5)25(40)18-33(7)26(41)19-32(6)24(39)17-30(4)22(37)15-28(2)20(35)10-9-13-42-8;1-11(2)5-8(14)12(3)6-9(15)13(4)7-10(16)17/h12H,9-11,13-19H2,1-8H3;5-7H2,1-4H3,(H,16,17). The first-order valence-electron chi connectivity index (χ1n) is 18.2. The number of methoxy groups -OCH3 is 1. The van der Waals surface area contributed by atoms with Crippen LogP contribution < -0.4 is 0 Å². The summed E-state index contributed by atoms with van der Waals surface area (Å²) in [5, 5.41) is 8.51. The van der Waals surface area contributed by atoms with Crippen molar-refractivity contribution >= 4 is 65.4 Å². The predicted octanol–water partition coefficient (Wildman–Crippen LogP) is -4.63. The molecule has 9 amide bonds. The molecule has 0 aromatic carbocycles. The van der Waals surface area contributed by atoms with Gasteiger partial charge in [-0.2, -0.15) is 0 Å². The van der Waals surface area contributed by atoms with E-state index < -0.39 is 47.3 Å². The van der Waals surface area contributed by atoms with Gasteiger partial charge in [-0.05, 0) is 20.5 Å². The molecule has 0 spiro atoms. The van der Waals surface area contributed by atoms with Gasteiger partial charge in [-0.25, -0.2) is 0 Å². The van der Waals surface area contributed by atoms with Crippen LogP contribution >= 0.6 is 0 Å². The highest BCUT2D eigenvalue weighted by atomic mass is 16.5. The quantitative estimate of drug-likeness (QED) is 0.0710. The molecule has 0 unspecified atom stereocenters. The van der Waals surface area contributed by atoms with Gasteiger partial charge in [0.25, 0.3) is 0 Å². The molecule has 0 rings (SSSR count). The highest BCUT2D eigenvalue weighted by Crippen LogP contribution is 2.01. The molecule has 0 aliphatic heterocycles. The van der Waals surface area contributed by atoms with Crippen molar-refractivity contribution in [2.45, 2.75) is 12.8 Å². The van der Waals surface area contributed by atoms with Crippen LogP contribution in [0.1, 0.15) is 12.8 Å². The van der Waals surface area contributed by atoms with Gasteiger partial charge in [0, 0.05) is 83.6 Å². The van der Waals surface area contributed by atoms with Crippen LogP contribution in [0, 0.1) is 0 Å². The number of carbonyl (C=O) groups excluding carboxylic acids is 10. The summed E-state index contributed by atoms with van der Waals surface area (Å²) >= 11 is 0. The van der Waals surface area contributed by atoms with Crippen LogP contribution in [0.15, 0.2) is 0 Å². The lowest BCUT2D eigenvalue weighted by Crippen LogP contribution is -2.48. The molecule has 0 aromatic heterocycles. The largest absolute Gasteiger partial charge is 0.480 e. The molecule has 0 aliphatic rings. The van der Waals surface area contributed by atoms with Crippen LogP contribution in [-0.4, -0.2) is 276 Å². The molecule has 1 N–H and O–H groups in total. The van der Waals surface area contributed by atoms with Gasteiger partial charge >= 0.3 is 5.97 Å². The van der Waals surface area contributed by atoms with Crippen molar-refractivity contribution in [3.63, 3.8) is 0 Å². The van der Waals surface area contributed by atoms with Crippen molar-refractivity contribution in [3.8, 4) is 0 Å². The highest BCUT2D eigenvalue weighted by Gasteiger charge is 2.25. The van der Waals surface area contributed by atoms with E-state index in [1.807, 2.05) is 0 Å². The molecule has 0 radical (unpaired) electrons. The van der Waals surface area contributed by atoms with E-state index in [0.717, 1.165) is 34.3 Å². The van der Waals surface area contributed by atoms with Gasteiger partial charge in [0.1, 0.15) is 12.8 Å². The summed E-state index contributed by atoms with van der Waals surface area (Å²) in [6.07, 6.45) is 1.32. The van der Waals surface area contributed by atoms with Crippen molar-refractivity contribution in [1.29, 1.82) is 0 Å². The lowest BCUT2D eigenvalue weighted by molar-refractivity contribution is -0.146. The fraction of sp³-hybridized carbons (Fsp3) is 0.694. The molecule has 0 bridgehead atoms. The average molecular weight is 845 g/mol. The zero-order valence-corrected chi connectivity index (χ0v) is 36.6. The van der Waals surface area contributed by atoms with Crippen molar-refractivity contribution in [2.75, 3.05) is 157 Å². The van der Waals surface area contributed by atoms with Crippen LogP contribution in [0.3, 0.4) is 0 Å². The van der Waals surface area contributed by atoms with E-state index in [-0.39, 0.29) is 83.7 Å². The Kier molecular flexibility index (Phi) is 26.9. The maximum atomic E-state index is 12.6. The topological polar surface area (TPSA) is 250 Å². The number of likely N-dealkylation sites (N-methyl/N-ethyl adjacent to an activating group) is 10. The van der Waals surface area contributed by atoms with Crippen molar-refractivity contribution < 1.29 is 62.6 Å². The first kappa shape index (κ1) is 55.4. The smallest absolute Gasteiger partial charge is 0.323 e. The summed E-state index contributed by atoms with van der Waals surface area (Å²) in [4.78, 5) is 143. The first-order valence-corrected chi connectivity index (χ1v) is 18.2. The van der Waals surface area contributed by atoms with Crippen molar-refractivity contribution in [2.24, 2.45) is 0 Å². The Morgan fingerprint density at radius 1 is 0.407 bits per heavy atom. The Balaban J connectivity index is 0. The molecule has 0 fully saturated rings. The number of carboxylic acids is 1. The fourth-order valence-corrected chi connectivity index (χ4v) is 4.34. The molecule has 59 heavy (non-hydrogen) atoms. The maximum absolute atomic E-state index is 12.6. The summed E-state index contributed by atoms with van der Waals surface area (Å²) in [6.45, 7) is -1.80. The Morgan fingerprint density at radius 3 is 0.915 bits per heavy atom. The minimum absolute atomic E-state index is 0.106. The molecule has 0 aromatic rings. The van der Waals surface area contributed by atoms with Gasteiger partial charge in [-0.15, -0.1) is 0 Å². The van der Waals surface area contributed by atoms with Gasteiger partial charge in [0.2, 0.25) is 53.2 Å². The Morgan fingerprint density at radius 2 is 0.661 bits per heavy atom. The Labute approximate surface area is 346 Å². The highest BCUT2D eigenvalue weighted by molar-refractivity contribution is 5.92. The summed E-state index contributed by atoms with van der Waals surface area (Å²) < 4.78 is 4.91. The zero-order valence-electron chi connectivity index (χ0n) is 36.6. The number of hydrogen-bond acceptors (Lipinski definition) is 13. The average Bonchev–Trinajstić information content (AvgIpc) is 3.13. The summed E-state index contributed by atoms with van der Waals surface area (Å²) in [6, 6.07) is 0. The fourth-order valence-electron chi connectivity index (χ4n) is 4.34. The second-order valence-corrected chi connectivity index (χ2v) is 14.2. The molecule has 23 nitrogen and oxygen atoms in total. The number of carbonyl (C=O) groups is 11. The molecule has 336 valence electrons. The number of hydrogen-bond donors (Lipinski definition) is 1. The van der Waals surface area contributed by atoms with E-state index in [9.17, 15) is 52.7 Å². The minimum Gasteiger partial charge on any atom is -0.480 e. The number of aliphatic carboxylic acids is 1. The number of carboxylic acid groups (broad SMARTS) is 1. The summed E-state index contributed by atoms with van der Waals surface area (Å²) in [5.74, 6) is -4.91. The van der Waals surface area contributed by atoms with Gasteiger partial charge in [-0.1, -0.05) is 0 Å². The van der Waals surface area contributed by atoms with Crippen LogP contribution in [0.4, 0.5) is 0 Å². The van der Waals surface area contributed by atoms with Crippen LogP contribution in [0.5, 0.6) is 0 Å². The second-order valence-electron chi connectivity index (χ2n) is 14.2. The molecule has 0 saturated heterocycles. The third-order valence-electron chi connectivity index (χ3n) is 8.35. The number of ether oxygens (including phenoxy) is 1. The number of rotatable bonds is 24. The van der Waals surface area contributed by atoms with Gasteiger partial charge in [0.05, 0.1) is 58.9 Å². The van der Waals surface area contributed by atoms with E-state index >= 15 is 0 Å². The van der Waals surface area contributed by atoms with E-state index in [0.29, 0.717) is 19.3 Å². The predicted molar refractivity (Wildman–Crippen MR) is 212 cm³/mol. The van der Waals surface area contributed by atoms with Crippen molar-refractivity contribution in [1.82, 2.24) is 49.0 Å². The molecular formula is C36H64N10O13. The van der Waals surface area contributed by atoms with E-state index in [2.05, 4.69) is 0 Å². The lowest BCUT2D eigenvalue weighted by Gasteiger charge is -2.27. The molecule has 0 atom stereocenters. The lowest BCUT2D eigenvalue weighted by atomic mass is 10.3. The normalized spacial score (nSPS) is 10.3. The zero-order chi connectivity index (χ0) is 46.2. The summed E-state index contributed by atoms with van der Waals surface area (Å²) in [5.41, 5.74) is 0. The van der Waals surface area contributed by atoms with Crippen LogP contribution in [0.2, 0.25) is 0 Å². The van der Waals surface area contributed by atoms with Crippen molar-refractivity contribution in [3.05, 3.63) is 0 Å². The van der Waals surface area contributed by atoms with E-state index in [1.165, 1.54) is 80.3 Å². The summed E-state index contributed by atoms with van der Waals surface area (Å²) in [7, 11) is 17.8. The second kappa shape index (κ2) is 28.7. The Bertz CT molecular complexity index is 1480. The first-order chi connectivity index (χ1) is 27.3. The molecule has 0 heterocycles. The number of aldehydes is 1. The van der Waals surface area contributed by atoms with Gasteiger partial charge < -0.3 is 63.6 Å². The molecule has 0 aliphatic carbocycles. The minimum atomic E-state index is -1.08. The van der Waals surface area contributed by atoms with Crippen LogP contribution in [0.25, 0.3) is 0 Å².